The van der Waals surface area contributed by atoms with Gasteiger partial charge in [-0.15, -0.1) is 0 Å². The summed E-state index contributed by atoms with van der Waals surface area (Å²) in [6.07, 6.45) is 0.687. The molecule has 98 valence electrons. The van der Waals surface area contributed by atoms with Gasteiger partial charge in [-0.25, -0.2) is 8.78 Å². The van der Waals surface area contributed by atoms with Crippen molar-refractivity contribution in [3.05, 3.63) is 29.3 Å². The van der Waals surface area contributed by atoms with Gasteiger partial charge in [0.25, 0.3) is 5.91 Å². The highest BCUT2D eigenvalue weighted by molar-refractivity contribution is 5.95. The van der Waals surface area contributed by atoms with Crippen LogP contribution in [0.5, 0.6) is 0 Å². The Hall–Kier alpha value is -1.69. The third-order valence-corrected chi connectivity index (χ3v) is 3.00. The fourth-order valence-electron chi connectivity index (χ4n) is 2.04. The van der Waals surface area contributed by atoms with E-state index in [2.05, 4.69) is 0 Å². The first kappa shape index (κ1) is 12.8. The van der Waals surface area contributed by atoms with Crippen molar-refractivity contribution < 1.29 is 18.7 Å². The molecule has 1 fully saturated rings. The summed E-state index contributed by atoms with van der Waals surface area (Å²) in [6, 6.07) is 1.59. The summed E-state index contributed by atoms with van der Waals surface area (Å²) in [4.78, 5) is 13.4. The standard InChI is InChI=1S/C12H14F2N2O2/c13-9-5-10(14)11(15)4-8(9)12(18)16-3-1-2-7(17)6-16/h4-5,7,17H,1-3,6,15H2/t7-/m0/s1. The summed E-state index contributed by atoms with van der Waals surface area (Å²) in [5.74, 6) is -2.40. The maximum absolute atomic E-state index is 13.5. The third-order valence-electron chi connectivity index (χ3n) is 3.00. The van der Waals surface area contributed by atoms with Crippen molar-refractivity contribution in [3.63, 3.8) is 0 Å². The van der Waals surface area contributed by atoms with Crippen molar-refractivity contribution in [2.24, 2.45) is 0 Å². The fraction of sp³-hybridized carbons (Fsp3) is 0.417. The van der Waals surface area contributed by atoms with Crippen molar-refractivity contribution in [2.45, 2.75) is 18.9 Å². The number of nitrogens with zero attached hydrogens (tertiary/aromatic N) is 1. The number of hydrogen-bond donors (Lipinski definition) is 2. The Morgan fingerprint density at radius 3 is 2.78 bits per heavy atom. The number of nitrogens with two attached hydrogens (primary N) is 1. The largest absolute Gasteiger partial charge is 0.396 e. The van der Waals surface area contributed by atoms with Crippen molar-refractivity contribution in [3.8, 4) is 0 Å². The molecule has 1 aliphatic heterocycles. The maximum atomic E-state index is 13.5. The SMILES string of the molecule is Nc1cc(C(=O)N2CCC[C@H](O)C2)c(F)cc1F. The molecule has 3 N–H and O–H groups in total. The lowest BCUT2D eigenvalue weighted by Gasteiger charge is -2.30. The second-order valence-corrected chi connectivity index (χ2v) is 4.40. The monoisotopic (exact) mass is 256 g/mol. The van der Waals surface area contributed by atoms with Crippen LogP contribution in [-0.2, 0) is 0 Å². The summed E-state index contributed by atoms with van der Waals surface area (Å²) < 4.78 is 26.5. The van der Waals surface area contributed by atoms with Crippen molar-refractivity contribution in [1.29, 1.82) is 0 Å². The topological polar surface area (TPSA) is 66.6 Å². The summed E-state index contributed by atoms with van der Waals surface area (Å²) in [5, 5.41) is 9.47. The number of anilines is 1. The number of rotatable bonds is 1. The maximum Gasteiger partial charge on any atom is 0.256 e. The molecule has 0 radical (unpaired) electrons. The van der Waals surface area contributed by atoms with Crippen molar-refractivity contribution >= 4 is 11.6 Å². The minimum absolute atomic E-state index is 0.162. The number of aliphatic hydroxyl groups is 1. The number of benzene rings is 1. The van der Waals surface area contributed by atoms with Crippen LogP contribution in [0.15, 0.2) is 12.1 Å². The molecule has 0 unspecified atom stereocenters. The number of carbonyl (C=O) groups is 1. The molecule has 1 saturated heterocycles. The van der Waals surface area contributed by atoms with E-state index in [1.807, 2.05) is 0 Å². The molecular weight excluding hydrogens is 242 g/mol. The average molecular weight is 256 g/mol. The van der Waals surface area contributed by atoms with Crippen LogP contribution in [0.4, 0.5) is 14.5 Å². The number of hydrogen-bond acceptors (Lipinski definition) is 3. The Morgan fingerprint density at radius 2 is 2.11 bits per heavy atom. The van der Waals surface area contributed by atoms with Gasteiger partial charge in [0.15, 0.2) is 0 Å². The minimum atomic E-state index is -0.938. The van der Waals surface area contributed by atoms with Crippen molar-refractivity contribution in [2.75, 3.05) is 18.8 Å². The Morgan fingerprint density at radius 1 is 1.39 bits per heavy atom. The van der Waals surface area contributed by atoms with E-state index >= 15 is 0 Å². The molecular formula is C12H14F2N2O2. The van der Waals surface area contributed by atoms with E-state index in [1.165, 1.54) is 4.90 Å². The van der Waals surface area contributed by atoms with Gasteiger partial charge in [0.1, 0.15) is 11.6 Å². The second-order valence-electron chi connectivity index (χ2n) is 4.40. The zero-order chi connectivity index (χ0) is 13.3. The number of halogens is 2. The van der Waals surface area contributed by atoms with Gasteiger partial charge < -0.3 is 15.7 Å². The van der Waals surface area contributed by atoms with Crippen LogP contribution in [0.2, 0.25) is 0 Å². The molecule has 0 spiro atoms. The van der Waals surface area contributed by atoms with Crippen LogP contribution in [-0.4, -0.2) is 35.1 Å². The number of β-amino-alcohol motifs (C(OH)–C–C–N with tert-alkyl or cyclic N) is 1. The van der Waals surface area contributed by atoms with Gasteiger partial charge >= 0.3 is 0 Å². The predicted molar refractivity (Wildman–Crippen MR) is 61.9 cm³/mol. The molecule has 18 heavy (non-hydrogen) atoms. The minimum Gasteiger partial charge on any atom is -0.396 e. The molecule has 6 heteroatoms. The molecule has 1 aliphatic rings. The summed E-state index contributed by atoms with van der Waals surface area (Å²) >= 11 is 0. The van der Waals surface area contributed by atoms with E-state index in [0.717, 1.165) is 6.07 Å². The number of aliphatic hydroxyl groups excluding tert-OH is 1. The van der Waals surface area contributed by atoms with E-state index in [4.69, 9.17) is 5.73 Å². The van der Waals surface area contributed by atoms with Crippen LogP contribution in [0.1, 0.15) is 23.2 Å². The number of nitrogen functional groups attached to an aromatic ring is 1. The zero-order valence-electron chi connectivity index (χ0n) is 9.70. The molecule has 1 aromatic rings. The fourth-order valence-corrected chi connectivity index (χ4v) is 2.04. The number of amides is 1. The van der Waals surface area contributed by atoms with E-state index in [1.54, 1.807) is 0 Å². The first-order chi connectivity index (χ1) is 8.49. The van der Waals surface area contributed by atoms with Crippen LogP contribution in [0, 0.1) is 11.6 Å². The van der Waals surface area contributed by atoms with Crippen LogP contribution >= 0.6 is 0 Å². The Kier molecular flexibility index (Phi) is 3.47. The number of piperidine rings is 1. The highest BCUT2D eigenvalue weighted by Crippen LogP contribution is 2.20. The van der Waals surface area contributed by atoms with Gasteiger partial charge in [-0.05, 0) is 18.9 Å². The average Bonchev–Trinajstić information content (AvgIpc) is 2.33. The lowest BCUT2D eigenvalue weighted by molar-refractivity contribution is 0.0470. The van der Waals surface area contributed by atoms with E-state index in [9.17, 15) is 18.7 Å². The van der Waals surface area contributed by atoms with E-state index in [0.29, 0.717) is 25.5 Å². The lowest BCUT2D eigenvalue weighted by Crippen LogP contribution is -2.42. The van der Waals surface area contributed by atoms with E-state index < -0.39 is 23.6 Å². The van der Waals surface area contributed by atoms with Crippen LogP contribution in [0.25, 0.3) is 0 Å². The Balaban J connectivity index is 2.25. The first-order valence-corrected chi connectivity index (χ1v) is 5.71. The molecule has 1 atom stereocenters. The van der Waals surface area contributed by atoms with Crippen molar-refractivity contribution in [1.82, 2.24) is 4.90 Å². The normalized spacial score (nSPS) is 19.9. The van der Waals surface area contributed by atoms with Gasteiger partial charge in [-0.3, -0.25) is 4.79 Å². The second kappa shape index (κ2) is 4.89. The summed E-state index contributed by atoms with van der Waals surface area (Å²) in [5.41, 5.74) is 4.79. The number of likely N-dealkylation sites (tertiary alicyclic amines) is 1. The molecule has 1 amide bonds. The first-order valence-electron chi connectivity index (χ1n) is 5.71. The molecule has 0 saturated carbocycles. The highest BCUT2D eigenvalue weighted by Gasteiger charge is 2.25. The smallest absolute Gasteiger partial charge is 0.256 e. The van der Waals surface area contributed by atoms with Crippen LogP contribution < -0.4 is 5.73 Å². The molecule has 2 rings (SSSR count). The molecule has 4 nitrogen and oxygen atoms in total. The number of carbonyl (C=O) groups excluding carboxylic acids is 1. The van der Waals surface area contributed by atoms with E-state index in [-0.39, 0.29) is 17.8 Å². The van der Waals surface area contributed by atoms with Gasteiger partial charge in [-0.1, -0.05) is 0 Å². The predicted octanol–water partition coefficient (Wildman–Crippen LogP) is 1.14. The lowest BCUT2D eigenvalue weighted by atomic mass is 10.1. The van der Waals surface area contributed by atoms with Gasteiger partial charge in [-0.2, -0.15) is 0 Å². The van der Waals surface area contributed by atoms with Gasteiger partial charge in [0.2, 0.25) is 0 Å². The van der Waals surface area contributed by atoms with Gasteiger partial charge in [0.05, 0.1) is 17.4 Å². The zero-order valence-corrected chi connectivity index (χ0v) is 9.70. The Labute approximate surface area is 103 Å². The molecule has 0 aromatic heterocycles. The molecule has 0 bridgehead atoms. The molecule has 1 aromatic carbocycles. The third kappa shape index (κ3) is 2.43. The quantitative estimate of drug-likeness (QED) is 0.740. The summed E-state index contributed by atoms with van der Waals surface area (Å²) in [7, 11) is 0. The molecule has 1 heterocycles. The van der Waals surface area contributed by atoms with Crippen LogP contribution in [0.3, 0.4) is 0 Å². The highest BCUT2D eigenvalue weighted by atomic mass is 19.1. The van der Waals surface area contributed by atoms with Gasteiger partial charge in [0, 0.05) is 19.2 Å². The molecule has 0 aliphatic carbocycles. The summed E-state index contributed by atoms with van der Waals surface area (Å²) in [6.45, 7) is 0.613. The Bertz CT molecular complexity index is 479.